The molecule has 0 bridgehead atoms. The normalized spacial score (nSPS) is 15.7. The van der Waals surface area contributed by atoms with Crippen LogP contribution in [0.1, 0.15) is 15.9 Å². The van der Waals surface area contributed by atoms with Gasteiger partial charge in [-0.15, -0.1) is 0 Å². The number of carbonyl (C=O) groups is 3. The number of hydrogen-bond acceptors (Lipinski definition) is 5. The maximum absolute atomic E-state index is 12.5. The fraction of sp³-hybridized carbons (Fsp3) is 0.286. The van der Waals surface area contributed by atoms with Crippen molar-refractivity contribution in [3.8, 4) is 5.75 Å². The minimum atomic E-state index is -0.275. The first-order chi connectivity index (χ1) is 14.1. The second kappa shape index (κ2) is 8.57. The van der Waals surface area contributed by atoms with E-state index in [9.17, 15) is 14.4 Å². The monoisotopic (exact) mass is 411 g/mol. The highest BCUT2D eigenvalue weighted by Gasteiger charge is 2.19. The van der Waals surface area contributed by atoms with Crippen LogP contribution in [0.4, 0.5) is 11.4 Å². The van der Waals surface area contributed by atoms with Crippen LogP contribution in [0.5, 0.6) is 5.75 Å². The molecule has 4 rings (SSSR count). The molecule has 0 atom stereocenters. The molecule has 2 heterocycles. The summed E-state index contributed by atoms with van der Waals surface area (Å²) in [5.74, 6) is 2.12. The van der Waals surface area contributed by atoms with Gasteiger partial charge in [-0.1, -0.05) is 12.1 Å². The Bertz CT molecular complexity index is 939. The molecule has 1 saturated heterocycles. The number of fused-ring (bicyclic) bond motifs is 1. The van der Waals surface area contributed by atoms with Crippen LogP contribution in [0.15, 0.2) is 42.5 Å². The van der Waals surface area contributed by atoms with Gasteiger partial charge in [0, 0.05) is 35.8 Å². The Morgan fingerprint density at radius 3 is 2.62 bits per heavy atom. The SMILES string of the molecule is O=C1COc2cc(C(=O)Nc3ccc(CC(=O)N4CCSCC4)cc3)ccc2N1. The zero-order valence-corrected chi connectivity index (χ0v) is 16.6. The summed E-state index contributed by atoms with van der Waals surface area (Å²) in [7, 11) is 0. The number of carbonyl (C=O) groups excluding carboxylic acids is 3. The van der Waals surface area contributed by atoms with Gasteiger partial charge in [0.25, 0.3) is 11.8 Å². The van der Waals surface area contributed by atoms with Crippen molar-refractivity contribution in [2.24, 2.45) is 0 Å². The molecular formula is C21H21N3O4S. The number of amides is 3. The first-order valence-corrected chi connectivity index (χ1v) is 10.6. The van der Waals surface area contributed by atoms with E-state index in [1.54, 1.807) is 30.3 Å². The summed E-state index contributed by atoms with van der Waals surface area (Å²) >= 11 is 1.88. The fourth-order valence-corrected chi connectivity index (χ4v) is 4.13. The highest BCUT2D eigenvalue weighted by molar-refractivity contribution is 7.99. The van der Waals surface area contributed by atoms with Crippen LogP contribution in [-0.2, 0) is 16.0 Å². The number of nitrogens with one attached hydrogen (secondary N) is 2. The van der Waals surface area contributed by atoms with Gasteiger partial charge in [-0.3, -0.25) is 14.4 Å². The Hall–Kier alpha value is -3.00. The Kier molecular flexibility index (Phi) is 5.71. The lowest BCUT2D eigenvalue weighted by molar-refractivity contribution is -0.130. The van der Waals surface area contributed by atoms with Crippen LogP contribution in [0.25, 0.3) is 0 Å². The van der Waals surface area contributed by atoms with Crippen LogP contribution in [-0.4, -0.2) is 53.8 Å². The average molecular weight is 411 g/mol. The molecule has 150 valence electrons. The van der Waals surface area contributed by atoms with E-state index in [1.165, 1.54) is 0 Å². The maximum atomic E-state index is 12.5. The lowest BCUT2D eigenvalue weighted by Gasteiger charge is -2.26. The molecule has 2 aliphatic heterocycles. The quantitative estimate of drug-likeness (QED) is 0.807. The van der Waals surface area contributed by atoms with E-state index in [4.69, 9.17) is 4.74 Å². The molecule has 0 aliphatic carbocycles. The van der Waals surface area contributed by atoms with E-state index in [-0.39, 0.29) is 24.3 Å². The Morgan fingerprint density at radius 1 is 1.10 bits per heavy atom. The number of ether oxygens (including phenoxy) is 1. The third-order valence-corrected chi connectivity index (χ3v) is 5.75. The summed E-state index contributed by atoms with van der Waals surface area (Å²) in [5, 5.41) is 5.53. The molecule has 2 aromatic rings. The molecule has 2 N–H and O–H groups in total. The predicted molar refractivity (Wildman–Crippen MR) is 113 cm³/mol. The minimum absolute atomic E-state index is 0.0610. The smallest absolute Gasteiger partial charge is 0.262 e. The lowest BCUT2D eigenvalue weighted by Crippen LogP contribution is -2.38. The summed E-state index contributed by atoms with van der Waals surface area (Å²) in [4.78, 5) is 38.1. The summed E-state index contributed by atoms with van der Waals surface area (Å²) in [5.41, 5.74) is 2.55. The van der Waals surface area contributed by atoms with Crippen molar-refractivity contribution in [3.05, 3.63) is 53.6 Å². The third-order valence-electron chi connectivity index (χ3n) is 4.81. The second-order valence-electron chi connectivity index (χ2n) is 6.87. The predicted octanol–water partition coefficient (Wildman–Crippen LogP) is 2.39. The fourth-order valence-electron chi connectivity index (χ4n) is 3.22. The standard InChI is InChI=1S/C21H21N3O4S/c25-19-13-28-18-12-15(3-6-17(18)23-19)21(27)22-16-4-1-14(2-5-16)11-20(26)24-7-9-29-10-8-24/h1-6,12H,7-11,13H2,(H,22,27)(H,23,25). The molecule has 0 radical (unpaired) electrons. The van der Waals surface area contributed by atoms with Gasteiger partial charge in [-0.05, 0) is 35.9 Å². The van der Waals surface area contributed by atoms with Gasteiger partial charge in [0.15, 0.2) is 6.61 Å². The van der Waals surface area contributed by atoms with Crippen molar-refractivity contribution in [1.82, 2.24) is 4.90 Å². The van der Waals surface area contributed by atoms with Crippen LogP contribution in [0, 0.1) is 0 Å². The maximum Gasteiger partial charge on any atom is 0.262 e. The first kappa shape index (κ1) is 19.3. The number of rotatable bonds is 4. The average Bonchev–Trinajstić information content (AvgIpc) is 2.75. The number of anilines is 2. The summed E-state index contributed by atoms with van der Waals surface area (Å²) in [6, 6.07) is 12.2. The molecule has 7 nitrogen and oxygen atoms in total. The largest absolute Gasteiger partial charge is 0.482 e. The molecule has 0 aromatic heterocycles. The van der Waals surface area contributed by atoms with E-state index in [0.717, 1.165) is 30.2 Å². The first-order valence-electron chi connectivity index (χ1n) is 9.41. The van der Waals surface area contributed by atoms with Gasteiger partial charge in [-0.2, -0.15) is 11.8 Å². The zero-order chi connectivity index (χ0) is 20.2. The zero-order valence-electron chi connectivity index (χ0n) is 15.8. The topological polar surface area (TPSA) is 87.7 Å². The highest BCUT2D eigenvalue weighted by Crippen LogP contribution is 2.28. The van der Waals surface area contributed by atoms with Gasteiger partial charge < -0.3 is 20.3 Å². The van der Waals surface area contributed by atoms with E-state index < -0.39 is 0 Å². The van der Waals surface area contributed by atoms with E-state index >= 15 is 0 Å². The summed E-state index contributed by atoms with van der Waals surface area (Å²) in [6.07, 6.45) is 0.368. The molecule has 29 heavy (non-hydrogen) atoms. The highest BCUT2D eigenvalue weighted by atomic mass is 32.2. The second-order valence-corrected chi connectivity index (χ2v) is 8.09. The summed E-state index contributed by atoms with van der Waals surface area (Å²) < 4.78 is 5.35. The molecule has 0 unspecified atom stereocenters. The molecule has 2 aliphatic rings. The van der Waals surface area contributed by atoms with Gasteiger partial charge >= 0.3 is 0 Å². The van der Waals surface area contributed by atoms with Crippen LogP contribution in [0.2, 0.25) is 0 Å². The van der Waals surface area contributed by atoms with Crippen molar-refractivity contribution in [1.29, 1.82) is 0 Å². The van der Waals surface area contributed by atoms with Crippen LogP contribution in [0.3, 0.4) is 0 Å². The van der Waals surface area contributed by atoms with Crippen molar-refractivity contribution in [3.63, 3.8) is 0 Å². The van der Waals surface area contributed by atoms with Crippen molar-refractivity contribution >= 4 is 40.9 Å². The minimum Gasteiger partial charge on any atom is -0.482 e. The lowest BCUT2D eigenvalue weighted by atomic mass is 10.1. The Morgan fingerprint density at radius 2 is 1.86 bits per heavy atom. The van der Waals surface area contributed by atoms with Crippen molar-refractivity contribution in [2.75, 3.05) is 41.8 Å². The Balaban J connectivity index is 1.36. The molecule has 3 amide bonds. The van der Waals surface area contributed by atoms with Gasteiger partial charge in [0.05, 0.1) is 12.1 Å². The van der Waals surface area contributed by atoms with Gasteiger partial charge in [0.1, 0.15) is 5.75 Å². The third kappa shape index (κ3) is 4.71. The molecular weight excluding hydrogens is 390 g/mol. The Labute approximate surface area is 172 Å². The van der Waals surface area contributed by atoms with Gasteiger partial charge in [0.2, 0.25) is 5.91 Å². The molecule has 2 aromatic carbocycles. The van der Waals surface area contributed by atoms with E-state index in [0.29, 0.717) is 29.1 Å². The van der Waals surface area contributed by atoms with Crippen molar-refractivity contribution < 1.29 is 19.1 Å². The number of thioether (sulfide) groups is 1. The van der Waals surface area contributed by atoms with E-state index in [1.807, 2.05) is 28.8 Å². The molecule has 0 saturated carbocycles. The van der Waals surface area contributed by atoms with Gasteiger partial charge in [-0.25, -0.2) is 0 Å². The molecule has 8 heteroatoms. The summed E-state index contributed by atoms with van der Waals surface area (Å²) in [6.45, 7) is 1.56. The van der Waals surface area contributed by atoms with Crippen LogP contribution < -0.4 is 15.4 Å². The molecule has 0 spiro atoms. The number of nitrogens with zero attached hydrogens (tertiary/aromatic N) is 1. The molecule has 1 fully saturated rings. The van der Waals surface area contributed by atoms with Crippen molar-refractivity contribution in [2.45, 2.75) is 6.42 Å². The van der Waals surface area contributed by atoms with E-state index in [2.05, 4.69) is 10.6 Å². The van der Waals surface area contributed by atoms with Crippen LogP contribution >= 0.6 is 11.8 Å². The number of hydrogen-bond donors (Lipinski definition) is 2. The number of benzene rings is 2.